The van der Waals surface area contributed by atoms with Gasteiger partial charge >= 0.3 is 23.1 Å². The maximum absolute atomic E-state index is 4.64. The molecule has 0 saturated heterocycles. The highest BCUT2D eigenvalue weighted by molar-refractivity contribution is 6.21. The van der Waals surface area contributed by atoms with E-state index in [1.54, 1.807) is 0 Å². The molecule has 0 fully saturated rings. The van der Waals surface area contributed by atoms with Gasteiger partial charge in [0.25, 0.3) is 0 Å². The van der Waals surface area contributed by atoms with E-state index < -0.39 is 0 Å². The van der Waals surface area contributed by atoms with Crippen molar-refractivity contribution >= 4 is 34.7 Å². The van der Waals surface area contributed by atoms with Gasteiger partial charge in [0.05, 0.1) is 5.54 Å². The van der Waals surface area contributed by atoms with Crippen LogP contribution in [-0.4, -0.2) is 23.1 Å². The maximum atomic E-state index is 4.64. The van der Waals surface area contributed by atoms with Gasteiger partial charge in [-0.15, -0.1) is 0 Å². The molecule has 0 atom stereocenters. The summed E-state index contributed by atoms with van der Waals surface area (Å²) in [5, 5.41) is 0. The third kappa shape index (κ3) is 14.2. The van der Waals surface area contributed by atoms with Crippen molar-refractivity contribution in [2.24, 2.45) is 0 Å². The summed E-state index contributed by atoms with van der Waals surface area (Å²) >= 11 is 4.64. The Labute approximate surface area is 47.0 Å². The molecule has 4 heavy (non-hydrogen) atoms. The van der Waals surface area contributed by atoms with E-state index in [-0.39, 0.29) is 23.1 Å². The van der Waals surface area contributed by atoms with Crippen molar-refractivity contribution in [1.82, 2.24) is 0 Å². The molecular weight excluding hydrogens is 83.8 g/mol. The summed E-state index contributed by atoms with van der Waals surface area (Å²) in [5.74, 6) is 0. The van der Waals surface area contributed by atoms with Crippen LogP contribution in [0.5, 0.6) is 0 Å². The standard InChI is InChI=1S/C2H2Cl.Mg.2H/c1-2-3;;;/h1H2;;;. The van der Waals surface area contributed by atoms with Crippen LogP contribution in [0.4, 0.5) is 0 Å². The fourth-order valence-corrected chi connectivity index (χ4v) is 0. The minimum Gasteiger partial charge on any atom is -0.0834 e. The highest BCUT2D eigenvalue weighted by Gasteiger charge is 1.21. The number of hydrogen-bond acceptors (Lipinski definition) is 0. The second-order valence-electron chi connectivity index (χ2n) is 0.134. The van der Waals surface area contributed by atoms with Crippen LogP contribution in [0.15, 0.2) is 6.58 Å². The summed E-state index contributed by atoms with van der Waals surface area (Å²) in [7, 11) is 0. The molecule has 0 aromatic rings. The third-order valence-corrected chi connectivity index (χ3v) is 0. The van der Waals surface area contributed by atoms with Gasteiger partial charge in [-0.2, -0.15) is 0 Å². The van der Waals surface area contributed by atoms with Crippen molar-refractivity contribution in [1.29, 1.82) is 0 Å². The van der Waals surface area contributed by atoms with E-state index in [1.165, 1.54) is 0 Å². The van der Waals surface area contributed by atoms with Crippen molar-refractivity contribution in [3.05, 3.63) is 12.1 Å². The minimum atomic E-state index is 0. The molecule has 0 aliphatic rings. The predicted octanol–water partition coefficient (Wildman–Crippen LogP) is 0.256. The second kappa shape index (κ2) is 9.20. The molecule has 0 aromatic carbocycles. The Bertz CT molecular complexity index is 13.5. The summed E-state index contributed by atoms with van der Waals surface area (Å²) in [5.41, 5.74) is 1.97. The SMILES string of the molecule is C=[C]Cl.[MgH2]. The van der Waals surface area contributed by atoms with Crippen LogP contribution in [0.3, 0.4) is 0 Å². The van der Waals surface area contributed by atoms with Crippen LogP contribution in [0.2, 0.25) is 0 Å². The van der Waals surface area contributed by atoms with Gasteiger partial charge in [0.15, 0.2) is 0 Å². The molecule has 0 aliphatic carbocycles. The predicted molar refractivity (Wildman–Crippen MR) is 23.3 cm³/mol. The summed E-state index contributed by atoms with van der Waals surface area (Å²) in [6.07, 6.45) is 0. The number of hydrogen-bond donors (Lipinski definition) is 0. The largest absolute Gasteiger partial charge is 0.316 e. The van der Waals surface area contributed by atoms with Crippen LogP contribution in [0.1, 0.15) is 0 Å². The lowest BCUT2D eigenvalue weighted by Gasteiger charge is -1.24. The van der Waals surface area contributed by atoms with Gasteiger partial charge in [0, 0.05) is 0 Å². The van der Waals surface area contributed by atoms with Crippen LogP contribution in [0, 0.1) is 5.54 Å². The zero-order valence-corrected chi connectivity index (χ0v) is 2.34. The average molecular weight is 87.8 g/mol. The lowest BCUT2D eigenvalue weighted by molar-refractivity contribution is 2.47. The van der Waals surface area contributed by atoms with E-state index in [0.29, 0.717) is 0 Å². The molecule has 0 saturated carbocycles. The molecule has 0 nitrogen and oxygen atoms in total. The van der Waals surface area contributed by atoms with Gasteiger partial charge in [-0.25, -0.2) is 0 Å². The van der Waals surface area contributed by atoms with Gasteiger partial charge in [0.1, 0.15) is 0 Å². The first kappa shape index (κ1) is 8.84. The first-order chi connectivity index (χ1) is 1.41. The molecule has 0 bridgehead atoms. The Hall–Kier alpha value is 0.796. The molecule has 1 radical (unpaired) electrons. The van der Waals surface area contributed by atoms with Crippen LogP contribution in [-0.2, 0) is 0 Å². The second-order valence-corrected chi connectivity index (χ2v) is 0.401. The Balaban J connectivity index is 0. The topological polar surface area (TPSA) is 0 Å². The Morgan fingerprint density at radius 1 is 1.75 bits per heavy atom. The minimum absolute atomic E-state index is 0. The zero-order valence-electron chi connectivity index (χ0n) is 1.59. The van der Waals surface area contributed by atoms with E-state index >= 15 is 0 Å². The lowest BCUT2D eigenvalue weighted by atomic mass is 11.3. The highest BCUT2D eigenvalue weighted by atomic mass is 35.5. The van der Waals surface area contributed by atoms with Crippen molar-refractivity contribution < 1.29 is 0 Å². The molecule has 0 rings (SSSR count). The summed E-state index contributed by atoms with van der Waals surface area (Å²) in [6.45, 7) is 3.00. The molecule has 0 heterocycles. The lowest BCUT2D eigenvalue weighted by Crippen LogP contribution is -0.967. The van der Waals surface area contributed by atoms with E-state index in [1.807, 2.05) is 5.54 Å². The van der Waals surface area contributed by atoms with Gasteiger partial charge in [-0.1, -0.05) is 18.2 Å². The molecule has 21 valence electrons. The number of halogens is 1. The van der Waals surface area contributed by atoms with Crippen LogP contribution in [0.25, 0.3) is 0 Å². The zero-order chi connectivity index (χ0) is 2.71. The monoisotopic (exact) mass is 87.0 g/mol. The molecule has 0 spiro atoms. The fraction of sp³-hybridized carbons (Fsp3) is 0. The van der Waals surface area contributed by atoms with E-state index in [2.05, 4.69) is 18.2 Å². The van der Waals surface area contributed by atoms with E-state index in [4.69, 9.17) is 0 Å². The van der Waals surface area contributed by atoms with E-state index in [9.17, 15) is 0 Å². The van der Waals surface area contributed by atoms with Crippen LogP contribution >= 0.6 is 11.6 Å². The smallest absolute Gasteiger partial charge is 0.0834 e. The Kier molecular flexibility index (Phi) is 20.3. The van der Waals surface area contributed by atoms with Crippen LogP contribution < -0.4 is 0 Å². The summed E-state index contributed by atoms with van der Waals surface area (Å²) in [4.78, 5) is 0. The van der Waals surface area contributed by atoms with Gasteiger partial charge in [-0.3, -0.25) is 0 Å². The normalized spacial score (nSPS) is 3.25. The summed E-state index contributed by atoms with van der Waals surface area (Å²) in [6, 6.07) is 0. The molecule has 0 aliphatic heterocycles. The fourth-order valence-electron chi connectivity index (χ4n) is 0. The van der Waals surface area contributed by atoms with Gasteiger partial charge in [0.2, 0.25) is 0 Å². The molecule has 2 heteroatoms. The van der Waals surface area contributed by atoms with Gasteiger partial charge < -0.3 is 0 Å². The molecule has 0 amide bonds. The van der Waals surface area contributed by atoms with Crippen molar-refractivity contribution in [2.75, 3.05) is 0 Å². The first-order valence-electron chi connectivity index (χ1n) is 0.543. The van der Waals surface area contributed by atoms with Crippen molar-refractivity contribution in [2.45, 2.75) is 0 Å². The van der Waals surface area contributed by atoms with Crippen molar-refractivity contribution in [3.63, 3.8) is 0 Å². The van der Waals surface area contributed by atoms with E-state index in [0.717, 1.165) is 0 Å². The maximum Gasteiger partial charge on any atom is 0.316 e. The first-order valence-corrected chi connectivity index (χ1v) is 0.921. The Morgan fingerprint density at radius 3 is 1.75 bits per heavy atom. The number of rotatable bonds is 0. The summed E-state index contributed by atoms with van der Waals surface area (Å²) < 4.78 is 0. The molecular formula is C2H4ClMg. The Morgan fingerprint density at radius 2 is 1.75 bits per heavy atom. The third-order valence-electron chi connectivity index (χ3n) is 0. The van der Waals surface area contributed by atoms with Gasteiger partial charge in [-0.05, 0) is 0 Å². The molecule has 0 unspecified atom stereocenters. The quantitative estimate of drug-likeness (QED) is 0.372. The average Bonchev–Trinajstić information content (AvgIpc) is 0.918. The molecule has 0 aromatic heterocycles. The molecule has 0 N–H and O–H groups in total. The van der Waals surface area contributed by atoms with Crippen molar-refractivity contribution in [3.8, 4) is 0 Å². The highest BCUT2D eigenvalue weighted by Crippen LogP contribution is 1.57.